The standard InChI is InChI=1S/C10H10ClNO3/c1-6(2)7-4-3-5-8(12(14)15)9(7)10(11)13/h3-6H,1-2H3. The Morgan fingerprint density at radius 1 is 1.47 bits per heavy atom. The zero-order chi connectivity index (χ0) is 11.6. The maximum atomic E-state index is 11.2. The van der Waals surface area contributed by atoms with Crippen molar-refractivity contribution < 1.29 is 9.72 Å². The smallest absolute Gasteiger partial charge is 0.275 e. The van der Waals surface area contributed by atoms with E-state index in [1.165, 1.54) is 6.07 Å². The Bertz CT molecular complexity index is 415. The Kier molecular flexibility index (Phi) is 3.42. The molecule has 0 atom stereocenters. The summed E-state index contributed by atoms with van der Waals surface area (Å²) in [6.07, 6.45) is 0. The van der Waals surface area contributed by atoms with Crippen LogP contribution in [-0.4, -0.2) is 10.2 Å². The predicted octanol–water partition coefficient (Wildman–Crippen LogP) is 3.10. The van der Waals surface area contributed by atoms with Gasteiger partial charge in [0.1, 0.15) is 5.56 Å². The van der Waals surface area contributed by atoms with E-state index in [9.17, 15) is 14.9 Å². The summed E-state index contributed by atoms with van der Waals surface area (Å²) in [5, 5.41) is 9.91. The summed E-state index contributed by atoms with van der Waals surface area (Å²) in [4.78, 5) is 21.3. The van der Waals surface area contributed by atoms with Crippen molar-refractivity contribution in [2.75, 3.05) is 0 Å². The molecule has 0 bridgehead atoms. The highest BCUT2D eigenvalue weighted by atomic mass is 35.5. The quantitative estimate of drug-likeness (QED) is 0.453. The van der Waals surface area contributed by atoms with Crippen LogP contribution >= 0.6 is 11.6 Å². The monoisotopic (exact) mass is 227 g/mol. The van der Waals surface area contributed by atoms with E-state index in [0.717, 1.165) is 0 Å². The van der Waals surface area contributed by atoms with Gasteiger partial charge in [0, 0.05) is 6.07 Å². The van der Waals surface area contributed by atoms with Gasteiger partial charge in [-0.3, -0.25) is 14.9 Å². The van der Waals surface area contributed by atoms with Gasteiger partial charge in [0.15, 0.2) is 0 Å². The zero-order valence-electron chi connectivity index (χ0n) is 8.36. The number of nitrogens with zero attached hydrogens (tertiary/aromatic N) is 1. The molecule has 1 aromatic carbocycles. The van der Waals surface area contributed by atoms with Crippen LogP contribution < -0.4 is 0 Å². The molecule has 0 unspecified atom stereocenters. The van der Waals surface area contributed by atoms with Crippen molar-refractivity contribution in [2.24, 2.45) is 0 Å². The first-order valence-corrected chi connectivity index (χ1v) is 4.80. The molecule has 0 aromatic heterocycles. The summed E-state index contributed by atoms with van der Waals surface area (Å²) in [5.41, 5.74) is 0.365. The maximum absolute atomic E-state index is 11.2. The van der Waals surface area contributed by atoms with Gasteiger partial charge in [-0.15, -0.1) is 0 Å². The molecule has 0 fully saturated rings. The summed E-state index contributed by atoms with van der Waals surface area (Å²) >= 11 is 5.36. The fraction of sp³-hybridized carbons (Fsp3) is 0.300. The Morgan fingerprint density at radius 2 is 2.07 bits per heavy atom. The van der Waals surface area contributed by atoms with Gasteiger partial charge in [-0.05, 0) is 23.1 Å². The summed E-state index contributed by atoms with van der Waals surface area (Å²) in [6, 6.07) is 4.51. The van der Waals surface area contributed by atoms with Crippen molar-refractivity contribution in [3.05, 3.63) is 39.4 Å². The molecule has 80 valence electrons. The lowest BCUT2D eigenvalue weighted by molar-refractivity contribution is -0.385. The largest absolute Gasteiger partial charge is 0.281 e. The van der Waals surface area contributed by atoms with Crippen LogP contribution in [0.15, 0.2) is 18.2 Å². The number of nitro benzene ring substituents is 1. The number of rotatable bonds is 3. The Labute approximate surface area is 92.0 Å². The highest BCUT2D eigenvalue weighted by Gasteiger charge is 2.23. The number of carbonyl (C=O) groups is 1. The van der Waals surface area contributed by atoms with E-state index in [4.69, 9.17) is 11.6 Å². The van der Waals surface area contributed by atoms with Crippen molar-refractivity contribution in [1.29, 1.82) is 0 Å². The first kappa shape index (κ1) is 11.7. The van der Waals surface area contributed by atoms with Crippen molar-refractivity contribution in [1.82, 2.24) is 0 Å². The van der Waals surface area contributed by atoms with E-state index < -0.39 is 10.2 Å². The molecule has 4 nitrogen and oxygen atoms in total. The van der Waals surface area contributed by atoms with E-state index in [1.807, 2.05) is 13.8 Å². The zero-order valence-corrected chi connectivity index (χ0v) is 9.12. The molecule has 0 N–H and O–H groups in total. The maximum Gasteiger partial charge on any atom is 0.281 e. The van der Waals surface area contributed by atoms with Gasteiger partial charge in [-0.2, -0.15) is 0 Å². The molecule has 0 amide bonds. The fourth-order valence-corrected chi connectivity index (χ4v) is 1.61. The van der Waals surface area contributed by atoms with E-state index in [-0.39, 0.29) is 17.2 Å². The number of benzene rings is 1. The SMILES string of the molecule is CC(C)c1cccc([N+](=O)[O-])c1C(=O)Cl. The lowest BCUT2D eigenvalue weighted by Gasteiger charge is -2.09. The minimum absolute atomic E-state index is 0.000772. The summed E-state index contributed by atoms with van der Waals surface area (Å²) in [6.45, 7) is 3.70. The first-order chi connectivity index (χ1) is 6.95. The van der Waals surface area contributed by atoms with Crippen LogP contribution in [0, 0.1) is 10.1 Å². The molecule has 1 aromatic rings. The Hall–Kier alpha value is -1.42. The molecule has 0 spiro atoms. The molecular weight excluding hydrogens is 218 g/mol. The van der Waals surface area contributed by atoms with E-state index >= 15 is 0 Å². The molecule has 0 saturated heterocycles. The van der Waals surface area contributed by atoms with E-state index in [2.05, 4.69) is 0 Å². The fourth-order valence-electron chi connectivity index (χ4n) is 1.40. The van der Waals surface area contributed by atoms with Crippen LogP contribution in [0.5, 0.6) is 0 Å². The Morgan fingerprint density at radius 3 is 2.47 bits per heavy atom. The third-order valence-corrected chi connectivity index (χ3v) is 2.28. The minimum Gasteiger partial charge on any atom is -0.275 e. The lowest BCUT2D eigenvalue weighted by Crippen LogP contribution is -2.04. The number of hydrogen-bond donors (Lipinski definition) is 0. The molecule has 0 aliphatic heterocycles. The molecule has 0 heterocycles. The van der Waals surface area contributed by atoms with Crippen molar-refractivity contribution in [3.63, 3.8) is 0 Å². The van der Waals surface area contributed by atoms with Crippen LogP contribution in [0.1, 0.15) is 35.7 Å². The van der Waals surface area contributed by atoms with E-state index in [1.54, 1.807) is 12.1 Å². The lowest BCUT2D eigenvalue weighted by atomic mass is 9.96. The highest BCUT2D eigenvalue weighted by Crippen LogP contribution is 2.28. The second kappa shape index (κ2) is 4.40. The summed E-state index contributed by atoms with van der Waals surface area (Å²) in [7, 11) is 0. The van der Waals surface area contributed by atoms with Crippen LogP contribution in [0.3, 0.4) is 0 Å². The second-order valence-electron chi connectivity index (χ2n) is 3.43. The van der Waals surface area contributed by atoms with Crippen molar-refractivity contribution in [3.8, 4) is 0 Å². The third kappa shape index (κ3) is 2.33. The van der Waals surface area contributed by atoms with Gasteiger partial charge in [0.25, 0.3) is 10.9 Å². The van der Waals surface area contributed by atoms with Gasteiger partial charge in [-0.1, -0.05) is 26.0 Å². The average Bonchev–Trinajstić information content (AvgIpc) is 2.16. The minimum atomic E-state index is -0.786. The first-order valence-electron chi connectivity index (χ1n) is 4.42. The van der Waals surface area contributed by atoms with Gasteiger partial charge in [0.05, 0.1) is 4.92 Å². The molecule has 0 saturated carbocycles. The van der Waals surface area contributed by atoms with Gasteiger partial charge < -0.3 is 0 Å². The number of hydrogen-bond acceptors (Lipinski definition) is 3. The normalized spacial score (nSPS) is 10.4. The Balaban J connectivity index is 3.48. The molecule has 0 aliphatic carbocycles. The van der Waals surface area contributed by atoms with Gasteiger partial charge >= 0.3 is 0 Å². The summed E-state index contributed by atoms with van der Waals surface area (Å²) in [5.74, 6) is 0.0163. The highest BCUT2D eigenvalue weighted by molar-refractivity contribution is 6.68. The summed E-state index contributed by atoms with van der Waals surface area (Å²) < 4.78 is 0. The second-order valence-corrected chi connectivity index (χ2v) is 3.77. The van der Waals surface area contributed by atoms with Crippen LogP contribution in [0.25, 0.3) is 0 Å². The molecule has 5 heteroatoms. The number of halogens is 1. The van der Waals surface area contributed by atoms with E-state index in [0.29, 0.717) is 5.56 Å². The molecule has 1 rings (SSSR count). The van der Waals surface area contributed by atoms with Crippen molar-refractivity contribution in [2.45, 2.75) is 19.8 Å². The van der Waals surface area contributed by atoms with Crippen LogP contribution in [0.2, 0.25) is 0 Å². The van der Waals surface area contributed by atoms with Crippen LogP contribution in [0.4, 0.5) is 5.69 Å². The number of carbonyl (C=O) groups excluding carboxylic acids is 1. The topological polar surface area (TPSA) is 60.2 Å². The van der Waals surface area contributed by atoms with Crippen molar-refractivity contribution >= 4 is 22.5 Å². The van der Waals surface area contributed by atoms with Gasteiger partial charge in [0.2, 0.25) is 0 Å². The predicted molar refractivity (Wildman–Crippen MR) is 57.4 cm³/mol. The number of nitro groups is 1. The molecule has 0 aliphatic rings. The molecule has 0 radical (unpaired) electrons. The third-order valence-electron chi connectivity index (χ3n) is 2.09. The molecular formula is C10H10ClNO3. The average molecular weight is 228 g/mol. The van der Waals surface area contributed by atoms with Crippen LogP contribution in [-0.2, 0) is 0 Å². The van der Waals surface area contributed by atoms with Gasteiger partial charge in [-0.25, -0.2) is 0 Å². The molecule has 15 heavy (non-hydrogen) atoms.